The van der Waals surface area contributed by atoms with Gasteiger partial charge in [0.1, 0.15) is 11.5 Å². The van der Waals surface area contributed by atoms with Gasteiger partial charge in [-0.1, -0.05) is 24.3 Å². The number of nitro groups is 1. The van der Waals surface area contributed by atoms with Gasteiger partial charge in [0.05, 0.1) is 16.0 Å². The Kier molecular flexibility index (Phi) is 3.05. The molecule has 6 rings (SSSR count). The fourth-order valence-corrected chi connectivity index (χ4v) is 4.06. The van der Waals surface area contributed by atoms with E-state index in [-0.39, 0.29) is 10.6 Å². The number of pyridine rings is 1. The highest BCUT2D eigenvalue weighted by Gasteiger charge is 2.18. The van der Waals surface area contributed by atoms with Crippen LogP contribution in [0.25, 0.3) is 55.0 Å². The second-order valence-electron chi connectivity index (χ2n) is 6.94. The lowest BCUT2D eigenvalue weighted by Crippen LogP contribution is -1.88. The lowest BCUT2D eigenvalue weighted by molar-refractivity contribution is -0.384. The maximum atomic E-state index is 11.3. The molecule has 0 saturated heterocycles. The minimum Gasteiger partial charge on any atom is -0.345 e. The second-order valence-corrected chi connectivity index (χ2v) is 6.94. The first-order valence-electron chi connectivity index (χ1n) is 9.12. The summed E-state index contributed by atoms with van der Waals surface area (Å²) in [4.78, 5) is 26.8. The fraction of sp³-hybridized carbons (Fsp3) is 0. The zero-order chi connectivity index (χ0) is 19.5. The van der Waals surface area contributed by atoms with Gasteiger partial charge in [0, 0.05) is 46.2 Å². The summed E-state index contributed by atoms with van der Waals surface area (Å²) < 4.78 is 0. The second kappa shape index (κ2) is 5.62. The first-order chi connectivity index (χ1) is 14.2. The van der Waals surface area contributed by atoms with Crippen LogP contribution >= 0.6 is 0 Å². The van der Waals surface area contributed by atoms with Gasteiger partial charge >= 0.3 is 0 Å². The van der Waals surface area contributed by atoms with E-state index in [1.54, 1.807) is 24.4 Å². The number of non-ortho nitro benzene ring substituents is 1. The normalized spacial score (nSPS) is 11.7. The molecule has 2 N–H and O–H groups in total. The van der Waals surface area contributed by atoms with Crippen LogP contribution in [-0.2, 0) is 0 Å². The van der Waals surface area contributed by atoms with Gasteiger partial charge < -0.3 is 9.97 Å². The molecule has 7 nitrogen and oxygen atoms in total. The number of hydrogen-bond donors (Lipinski definition) is 2. The molecule has 0 aliphatic rings. The summed E-state index contributed by atoms with van der Waals surface area (Å²) in [5.74, 6) is 0.698. The van der Waals surface area contributed by atoms with E-state index in [1.807, 2.05) is 42.6 Å². The summed E-state index contributed by atoms with van der Waals surface area (Å²) in [7, 11) is 0. The monoisotopic (exact) mass is 379 g/mol. The Hall–Kier alpha value is -4.26. The van der Waals surface area contributed by atoms with Crippen molar-refractivity contribution in [2.75, 3.05) is 0 Å². The van der Waals surface area contributed by atoms with E-state index in [9.17, 15) is 10.1 Å². The number of imidazole rings is 1. The van der Waals surface area contributed by atoms with E-state index >= 15 is 0 Å². The highest BCUT2D eigenvalue weighted by Crippen LogP contribution is 2.37. The SMILES string of the molecule is O=[N+]([O-])c1ccc2c3ccccc3c3[nH]c(-c4c[nH]c5ncccc45)nc3c2c1. The Bertz CT molecular complexity index is 1600. The average Bonchev–Trinajstić information content (AvgIpc) is 3.38. The highest BCUT2D eigenvalue weighted by atomic mass is 16.6. The molecular formula is C22H13N5O2. The van der Waals surface area contributed by atoms with Crippen LogP contribution in [0.1, 0.15) is 0 Å². The van der Waals surface area contributed by atoms with Crippen molar-refractivity contribution in [1.82, 2.24) is 19.9 Å². The summed E-state index contributed by atoms with van der Waals surface area (Å²) >= 11 is 0. The smallest absolute Gasteiger partial charge is 0.270 e. The molecule has 0 aliphatic heterocycles. The molecule has 3 aromatic heterocycles. The molecule has 0 bridgehead atoms. The molecule has 0 unspecified atom stereocenters. The molecule has 3 heterocycles. The van der Waals surface area contributed by atoms with E-state index in [0.29, 0.717) is 5.82 Å². The number of hydrogen-bond acceptors (Lipinski definition) is 4. The Labute approximate surface area is 163 Å². The first-order valence-corrected chi connectivity index (χ1v) is 9.12. The van der Waals surface area contributed by atoms with Crippen LogP contribution in [0.2, 0.25) is 0 Å². The minimum atomic E-state index is -0.376. The Morgan fingerprint density at radius 1 is 0.897 bits per heavy atom. The number of nitrogens with zero attached hydrogens (tertiary/aromatic N) is 3. The number of nitro benzene ring substituents is 1. The van der Waals surface area contributed by atoms with Gasteiger partial charge in [0.2, 0.25) is 0 Å². The lowest BCUT2D eigenvalue weighted by atomic mass is 9.99. The molecule has 0 spiro atoms. The van der Waals surface area contributed by atoms with Gasteiger partial charge in [-0.05, 0) is 29.0 Å². The van der Waals surface area contributed by atoms with Gasteiger partial charge in [-0.25, -0.2) is 9.97 Å². The van der Waals surface area contributed by atoms with Crippen LogP contribution in [-0.4, -0.2) is 24.9 Å². The number of rotatable bonds is 2. The van der Waals surface area contributed by atoms with Crippen molar-refractivity contribution in [3.8, 4) is 11.4 Å². The zero-order valence-corrected chi connectivity index (χ0v) is 15.0. The van der Waals surface area contributed by atoms with Crippen LogP contribution < -0.4 is 0 Å². The van der Waals surface area contributed by atoms with Crippen molar-refractivity contribution in [3.05, 3.63) is 77.1 Å². The van der Waals surface area contributed by atoms with Crippen LogP contribution in [0.4, 0.5) is 5.69 Å². The molecule has 6 aromatic rings. The van der Waals surface area contributed by atoms with E-state index in [4.69, 9.17) is 4.98 Å². The molecule has 0 amide bonds. The summed E-state index contributed by atoms with van der Waals surface area (Å²) in [6.07, 6.45) is 3.61. The van der Waals surface area contributed by atoms with E-state index in [1.165, 1.54) is 0 Å². The van der Waals surface area contributed by atoms with Crippen LogP contribution in [0.15, 0.2) is 67.0 Å². The molecule has 138 valence electrons. The largest absolute Gasteiger partial charge is 0.345 e. The zero-order valence-electron chi connectivity index (χ0n) is 15.0. The molecule has 0 atom stereocenters. The van der Waals surface area contributed by atoms with Crippen molar-refractivity contribution in [2.45, 2.75) is 0 Å². The van der Waals surface area contributed by atoms with Crippen LogP contribution in [0, 0.1) is 10.1 Å². The predicted octanol–water partition coefficient (Wildman–Crippen LogP) is 5.32. The number of benzene rings is 3. The molecule has 0 aliphatic carbocycles. The maximum absolute atomic E-state index is 11.3. The molecule has 7 heteroatoms. The third-order valence-electron chi connectivity index (χ3n) is 5.37. The summed E-state index contributed by atoms with van der Waals surface area (Å²) in [5.41, 5.74) is 3.33. The van der Waals surface area contributed by atoms with Crippen LogP contribution in [0.3, 0.4) is 0 Å². The van der Waals surface area contributed by atoms with Gasteiger partial charge in [0.15, 0.2) is 0 Å². The van der Waals surface area contributed by atoms with Gasteiger partial charge in [-0.15, -0.1) is 0 Å². The maximum Gasteiger partial charge on any atom is 0.270 e. The number of aromatic amines is 2. The van der Waals surface area contributed by atoms with Crippen molar-refractivity contribution >= 4 is 49.3 Å². The molecule has 0 fully saturated rings. The van der Waals surface area contributed by atoms with Crippen molar-refractivity contribution in [3.63, 3.8) is 0 Å². The first kappa shape index (κ1) is 15.8. The third-order valence-corrected chi connectivity index (χ3v) is 5.37. The average molecular weight is 379 g/mol. The summed E-state index contributed by atoms with van der Waals surface area (Å²) in [6, 6.07) is 16.8. The fourth-order valence-electron chi connectivity index (χ4n) is 4.06. The van der Waals surface area contributed by atoms with E-state index < -0.39 is 0 Å². The molecule has 3 aromatic carbocycles. The third kappa shape index (κ3) is 2.18. The Morgan fingerprint density at radius 3 is 2.55 bits per heavy atom. The lowest BCUT2D eigenvalue weighted by Gasteiger charge is -2.05. The van der Waals surface area contributed by atoms with E-state index in [2.05, 4.69) is 15.0 Å². The van der Waals surface area contributed by atoms with Crippen molar-refractivity contribution in [2.24, 2.45) is 0 Å². The van der Waals surface area contributed by atoms with E-state index in [0.717, 1.165) is 49.2 Å². The standard InChI is InChI=1S/C22H13N5O2/c28-27(29)12-7-8-14-13-4-1-2-5-15(13)19-20(17(14)10-12)26-22(25-19)18-11-24-21-16(18)6-3-9-23-21/h1-11H,(H,23,24)(H,25,26). The molecular weight excluding hydrogens is 366 g/mol. The molecule has 0 saturated carbocycles. The van der Waals surface area contributed by atoms with Crippen molar-refractivity contribution in [1.29, 1.82) is 0 Å². The van der Waals surface area contributed by atoms with Crippen LogP contribution in [0.5, 0.6) is 0 Å². The van der Waals surface area contributed by atoms with Gasteiger partial charge in [0.25, 0.3) is 5.69 Å². The topological polar surface area (TPSA) is 100 Å². The number of fused-ring (bicyclic) bond motifs is 7. The van der Waals surface area contributed by atoms with Gasteiger partial charge in [-0.3, -0.25) is 10.1 Å². The van der Waals surface area contributed by atoms with Crippen molar-refractivity contribution < 1.29 is 4.92 Å². The number of aromatic nitrogens is 4. The summed E-state index contributed by atoms with van der Waals surface area (Å²) in [6.45, 7) is 0. The number of nitrogens with one attached hydrogen (secondary N) is 2. The minimum absolute atomic E-state index is 0.0509. The number of H-pyrrole nitrogens is 2. The predicted molar refractivity (Wildman–Crippen MR) is 113 cm³/mol. The Balaban J connectivity index is 1.76. The highest BCUT2D eigenvalue weighted by molar-refractivity contribution is 6.24. The van der Waals surface area contributed by atoms with Gasteiger partial charge in [-0.2, -0.15) is 0 Å². The summed E-state index contributed by atoms with van der Waals surface area (Å²) in [5, 5.41) is 16.1. The molecule has 0 radical (unpaired) electrons. The Morgan fingerprint density at radius 2 is 1.69 bits per heavy atom. The molecule has 29 heavy (non-hydrogen) atoms. The quantitative estimate of drug-likeness (QED) is 0.241.